The Kier molecular flexibility index (Phi) is 7.02. The highest BCUT2D eigenvalue weighted by molar-refractivity contribution is 7.92. The summed E-state index contributed by atoms with van der Waals surface area (Å²) in [6.45, 7) is 1.61. The van der Waals surface area contributed by atoms with Gasteiger partial charge in [-0.15, -0.1) is 0 Å². The van der Waals surface area contributed by atoms with Crippen molar-refractivity contribution in [3.05, 3.63) is 95.8 Å². The number of hydrogen-bond acceptors (Lipinski definition) is 5. The monoisotopic (exact) mass is 444 g/mol. The van der Waals surface area contributed by atoms with Gasteiger partial charge >= 0.3 is 0 Å². The Labute approximate surface area is 178 Å². The highest BCUT2D eigenvalue weighted by Crippen LogP contribution is 2.28. The molecule has 0 spiro atoms. The molecule has 158 valence electrons. The number of benzene rings is 2. The molecule has 0 aliphatic rings. The fourth-order valence-electron chi connectivity index (χ4n) is 3.04. The third-order valence-electron chi connectivity index (χ3n) is 4.77. The van der Waals surface area contributed by atoms with Crippen LogP contribution in [0.2, 0.25) is 0 Å². The van der Waals surface area contributed by atoms with Crippen LogP contribution in [0.1, 0.15) is 21.9 Å². The van der Waals surface area contributed by atoms with E-state index in [4.69, 9.17) is 0 Å². The Morgan fingerprint density at radius 1 is 0.900 bits per heavy atom. The zero-order chi connectivity index (χ0) is 21.6. The number of nitrogens with zero attached hydrogens (tertiary/aromatic N) is 1. The van der Waals surface area contributed by atoms with Crippen molar-refractivity contribution >= 4 is 19.9 Å². The summed E-state index contributed by atoms with van der Waals surface area (Å²) in [5.74, 6) is -0.124. The van der Waals surface area contributed by atoms with Gasteiger partial charge in [0, 0.05) is 18.9 Å². The van der Waals surface area contributed by atoms with Crippen LogP contribution in [0.5, 0.6) is 0 Å². The second-order valence-electron chi connectivity index (χ2n) is 7.04. The molecule has 3 aromatic rings. The van der Waals surface area contributed by atoms with Gasteiger partial charge in [0.05, 0.1) is 10.6 Å². The van der Waals surface area contributed by atoms with Gasteiger partial charge in [0.2, 0.25) is 10.0 Å². The average molecular weight is 445 g/mol. The van der Waals surface area contributed by atoms with E-state index in [1.165, 1.54) is 18.3 Å². The van der Waals surface area contributed by atoms with E-state index < -0.39 is 25.1 Å². The van der Waals surface area contributed by atoms with Gasteiger partial charge in [-0.1, -0.05) is 54.1 Å². The number of hydrogen-bond donors (Lipinski definition) is 1. The fraction of sp³-hybridized carbons (Fsp3) is 0.227. The number of nitrogens with one attached hydrogen (secondary N) is 1. The van der Waals surface area contributed by atoms with E-state index in [0.29, 0.717) is 12.0 Å². The number of rotatable bonds is 9. The minimum Gasteiger partial charge on any atom is -0.264 e. The molecule has 2 aromatic carbocycles. The molecule has 30 heavy (non-hydrogen) atoms. The Balaban J connectivity index is 1.80. The lowest BCUT2D eigenvalue weighted by Crippen LogP contribution is -2.34. The van der Waals surface area contributed by atoms with Crippen molar-refractivity contribution in [2.24, 2.45) is 0 Å². The first-order chi connectivity index (χ1) is 14.3. The Bertz CT molecular complexity index is 1160. The van der Waals surface area contributed by atoms with Crippen molar-refractivity contribution in [1.29, 1.82) is 0 Å². The summed E-state index contributed by atoms with van der Waals surface area (Å²) in [7, 11) is -7.49. The Hall–Kier alpha value is -2.55. The van der Waals surface area contributed by atoms with E-state index in [0.717, 1.165) is 11.1 Å². The molecule has 1 N–H and O–H groups in total. The second kappa shape index (κ2) is 9.51. The second-order valence-corrected chi connectivity index (χ2v) is 11.1. The molecule has 8 heteroatoms. The molecule has 0 unspecified atom stereocenters. The normalized spacial score (nSPS) is 13.1. The predicted molar refractivity (Wildman–Crippen MR) is 117 cm³/mol. The first-order valence-electron chi connectivity index (χ1n) is 9.50. The lowest BCUT2D eigenvalue weighted by molar-refractivity contribution is 0.568. The molecular formula is C22H24N2O4S2. The van der Waals surface area contributed by atoms with Crippen LogP contribution < -0.4 is 4.72 Å². The van der Waals surface area contributed by atoms with Crippen molar-refractivity contribution in [2.75, 3.05) is 12.3 Å². The summed E-state index contributed by atoms with van der Waals surface area (Å²) in [4.78, 5) is 4.15. The van der Waals surface area contributed by atoms with Gasteiger partial charge in [0.15, 0.2) is 9.84 Å². The van der Waals surface area contributed by atoms with Crippen LogP contribution >= 0.6 is 0 Å². The maximum absolute atomic E-state index is 13.3. The van der Waals surface area contributed by atoms with E-state index in [9.17, 15) is 16.8 Å². The van der Waals surface area contributed by atoms with Crippen LogP contribution in [0.3, 0.4) is 0 Å². The molecule has 0 saturated heterocycles. The molecule has 3 rings (SSSR count). The summed E-state index contributed by atoms with van der Waals surface area (Å²) >= 11 is 0. The van der Waals surface area contributed by atoms with Crippen LogP contribution in [-0.2, 0) is 26.3 Å². The molecule has 1 heterocycles. The molecule has 0 amide bonds. The van der Waals surface area contributed by atoms with E-state index in [1.807, 2.05) is 37.3 Å². The first kappa shape index (κ1) is 22.1. The molecule has 6 nitrogen and oxygen atoms in total. The molecule has 0 aliphatic heterocycles. The van der Waals surface area contributed by atoms with E-state index in [-0.39, 0.29) is 17.2 Å². The number of sulfonamides is 1. The molecular weight excluding hydrogens is 420 g/mol. The van der Waals surface area contributed by atoms with Gasteiger partial charge in [0.1, 0.15) is 5.25 Å². The molecule has 1 aromatic heterocycles. The number of pyridine rings is 1. The van der Waals surface area contributed by atoms with Gasteiger partial charge in [-0.25, -0.2) is 21.6 Å². The van der Waals surface area contributed by atoms with Crippen molar-refractivity contribution in [2.45, 2.75) is 23.5 Å². The van der Waals surface area contributed by atoms with Crippen LogP contribution in [0, 0.1) is 6.92 Å². The molecule has 0 bridgehead atoms. The van der Waals surface area contributed by atoms with Crippen LogP contribution in [0.15, 0.2) is 84.0 Å². The molecule has 0 saturated carbocycles. The minimum absolute atomic E-state index is 0.124. The average Bonchev–Trinajstić information content (AvgIpc) is 2.74. The van der Waals surface area contributed by atoms with Gasteiger partial charge in [-0.2, -0.15) is 0 Å². The zero-order valence-corrected chi connectivity index (χ0v) is 18.2. The summed E-state index contributed by atoms with van der Waals surface area (Å²) in [6.07, 6.45) is 3.34. The van der Waals surface area contributed by atoms with Gasteiger partial charge < -0.3 is 0 Å². The maximum atomic E-state index is 13.3. The SMILES string of the molecule is Cc1ccc(S(=O)(=O)[C@H](CNS(=O)(=O)CCc2ccccc2)c2cccnc2)cc1. The molecule has 0 fully saturated rings. The third kappa shape index (κ3) is 5.75. The summed E-state index contributed by atoms with van der Waals surface area (Å²) in [6, 6.07) is 19.1. The largest absolute Gasteiger partial charge is 0.264 e. The standard InChI is InChI=1S/C22H24N2O4S2/c1-18-9-11-21(12-10-18)30(27,28)22(20-8-5-14-23-16-20)17-24-29(25,26)15-13-19-6-3-2-4-7-19/h2-12,14,16,22,24H,13,15,17H2,1H3/t22-/m1/s1. The highest BCUT2D eigenvalue weighted by Gasteiger charge is 2.30. The minimum atomic E-state index is -3.83. The van der Waals surface area contributed by atoms with Crippen LogP contribution in [0.4, 0.5) is 0 Å². The van der Waals surface area contributed by atoms with E-state index >= 15 is 0 Å². The molecule has 1 atom stereocenters. The lowest BCUT2D eigenvalue weighted by Gasteiger charge is -2.19. The Morgan fingerprint density at radius 2 is 1.60 bits per heavy atom. The van der Waals surface area contributed by atoms with E-state index in [1.54, 1.807) is 30.5 Å². The van der Waals surface area contributed by atoms with Crippen LogP contribution in [-0.4, -0.2) is 34.1 Å². The van der Waals surface area contributed by atoms with Gasteiger partial charge in [0.25, 0.3) is 0 Å². The number of aromatic nitrogens is 1. The number of sulfone groups is 1. The smallest absolute Gasteiger partial charge is 0.211 e. The zero-order valence-electron chi connectivity index (χ0n) is 16.6. The van der Waals surface area contributed by atoms with Crippen molar-refractivity contribution < 1.29 is 16.8 Å². The van der Waals surface area contributed by atoms with Crippen LogP contribution in [0.25, 0.3) is 0 Å². The summed E-state index contributed by atoms with van der Waals surface area (Å²) in [5, 5.41) is -1.08. The van der Waals surface area contributed by atoms with Gasteiger partial charge in [-0.3, -0.25) is 4.98 Å². The van der Waals surface area contributed by atoms with Crippen molar-refractivity contribution in [3.8, 4) is 0 Å². The summed E-state index contributed by atoms with van der Waals surface area (Å²) < 4.78 is 54.1. The van der Waals surface area contributed by atoms with Crippen molar-refractivity contribution in [3.63, 3.8) is 0 Å². The van der Waals surface area contributed by atoms with E-state index in [2.05, 4.69) is 9.71 Å². The first-order valence-corrected chi connectivity index (χ1v) is 12.7. The molecule has 0 aliphatic carbocycles. The van der Waals surface area contributed by atoms with Gasteiger partial charge in [-0.05, 0) is 42.7 Å². The lowest BCUT2D eigenvalue weighted by atomic mass is 10.2. The highest BCUT2D eigenvalue weighted by atomic mass is 32.2. The quantitative estimate of drug-likeness (QED) is 0.547. The predicted octanol–water partition coefficient (Wildman–Crippen LogP) is 3.07. The molecule has 0 radical (unpaired) electrons. The topological polar surface area (TPSA) is 93.2 Å². The third-order valence-corrected chi connectivity index (χ3v) is 8.24. The fourth-order valence-corrected chi connectivity index (χ4v) is 5.86. The number of aryl methyl sites for hydroxylation is 2. The van der Waals surface area contributed by atoms with Crippen molar-refractivity contribution in [1.82, 2.24) is 9.71 Å². The Morgan fingerprint density at radius 3 is 2.23 bits per heavy atom. The summed E-state index contributed by atoms with van der Waals surface area (Å²) in [5.41, 5.74) is 2.27. The maximum Gasteiger partial charge on any atom is 0.211 e.